The second-order valence-corrected chi connectivity index (χ2v) is 15.9. The van der Waals surface area contributed by atoms with Gasteiger partial charge in [-0.3, -0.25) is 0 Å². The van der Waals surface area contributed by atoms with Crippen LogP contribution in [0, 0.1) is 12.1 Å². The normalized spacial score (nSPS) is 13.2. The predicted molar refractivity (Wildman–Crippen MR) is 207 cm³/mol. The summed E-state index contributed by atoms with van der Waals surface area (Å²) in [5.74, 6) is 0. The summed E-state index contributed by atoms with van der Waals surface area (Å²) in [5.41, 5.74) is 12.2. The van der Waals surface area contributed by atoms with Gasteiger partial charge in [0, 0.05) is 37.9 Å². The van der Waals surface area contributed by atoms with Gasteiger partial charge in [0.1, 0.15) is 0 Å². The number of fused-ring (bicyclic) bond motifs is 5. The van der Waals surface area contributed by atoms with Crippen LogP contribution in [0.2, 0.25) is 0 Å². The van der Waals surface area contributed by atoms with E-state index < -0.39 is 0 Å². The van der Waals surface area contributed by atoms with Crippen LogP contribution in [0.25, 0.3) is 55.2 Å². The van der Waals surface area contributed by atoms with Crippen molar-refractivity contribution >= 4 is 21.5 Å². The molecule has 8 rings (SSSR count). The van der Waals surface area contributed by atoms with Crippen LogP contribution in [-0.2, 0) is 36.4 Å². The van der Waals surface area contributed by atoms with Gasteiger partial charge in [-0.25, -0.2) is 0 Å². The summed E-state index contributed by atoms with van der Waals surface area (Å²) >= 11 is 0. The maximum absolute atomic E-state index is 4.84. The maximum Gasteiger partial charge on any atom is 0.0198 e. The van der Waals surface area contributed by atoms with Gasteiger partial charge in [-0.1, -0.05) is 121 Å². The first-order valence-electron chi connectivity index (χ1n) is 17.2. The Bertz CT molecular complexity index is 2250. The topological polar surface area (TPSA) is 25.8 Å². The second-order valence-electron chi connectivity index (χ2n) is 15.9. The molecule has 0 amide bonds. The third-order valence-corrected chi connectivity index (χ3v) is 9.94. The minimum Gasteiger partial charge on any atom is -0.304 e. The first-order chi connectivity index (χ1) is 23.3. The molecule has 1 radical (unpaired) electrons. The van der Waals surface area contributed by atoms with Gasteiger partial charge in [-0.05, 0) is 79.0 Å². The number of pyridine rings is 2. The zero-order valence-corrected chi connectivity index (χ0v) is 32.7. The van der Waals surface area contributed by atoms with Crippen LogP contribution in [0.1, 0.15) is 77.6 Å². The van der Waals surface area contributed by atoms with E-state index in [1.807, 2.05) is 12.4 Å². The van der Waals surface area contributed by atoms with Crippen molar-refractivity contribution in [2.24, 2.45) is 0 Å². The van der Waals surface area contributed by atoms with E-state index in [-0.39, 0.29) is 36.4 Å². The molecule has 5 aromatic carbocycles. The van der Waals surface area contributed by atoms with E-state index >= 15 is 0 Å². The standard InChI is InChI=1S/C28H20N.C19H24N.Ir/c1-28(2)25-17-21-10-6-5-9-20(21)16-24(25)23-13-14-29-27(26(23)28)22-12-11-18-7-3-4-8-19(18)15-22;1-18(2,3)15-9-7-14(8-10-15)17-12-11-16(13-20-17)19(4,5)6;/h3-11,13-17H,1-2H3;7,9-13H,1-6H3;/q2*-1;. The third-order valence-electron chi connectivity index (χ3n) is 9.94. The van der Waals surface area contributed by atoms with Gasteiger partial charge < -0.3 is 9.97 Å². The molecule has 2 nitrogen and oxygen atoms in total. The van der Waals surface area contributed by atoms with Gasteiger partial charge in [-0.2, -0.15) is 0 Å². The number of hydrogen-bond acceptors (Lipinski definition) is 2. The van der Waals surface area contributed by atoms with Crippen molar-refractivity contribution in [1.82, 2.24) is 9.97 Å². The molecule has 50 heavy (non-hydrogen) atoms. The van der Waals surface area contributed by atoms with E-state index in [4.69, 9.17) is 4.98 Å². The Labute approximate surface area is 311 Å². The zero-order valence-electron chi connectivity index (χ0n) is 30.3. The summed E-state index contributed by atoms with van der Waals surface area (Å²) < 4.78 is 0. The summed E-state index contributed by atoms with van der Waals surface area (Å²) in [6.45, 7) is 17.9. The quantitative estimate of drug-likeness (QED) is 0.162. The van der Waals surface area contributed by atoms with Gasteiger partial charge in [0.05, 0.1) is 0 Å². The Hall–Kier alpha value is -4.43. The molecular formula is C47H44IrN2-2. The molecule has 1 aliphatic rings. The molecule has 253 valence electrons. The number of nitrogens with zero attached hydrogens (tertiary/aromatic N) is 2. The second kappa shape index (κ2) is 13.4. The van der Waals surface area contributed by atoms with Crippen molar-refractivity contribution in [3.05, 3.63) is 156 Å². The maximum atomic E-state index is 4.84. The number of benzene rings is 5. The van der Waals surface area contributed by atoms with Crippen LogP contribution in [0.5, 0.6) is 0 Å². The molecule has 3 heteroatoms. The van der Waals surface area contributed by atoms with E-state index in [9.17, 15) is 0 Å². The fourth-order valence-electron chi connectivity index (χ4n) is 6.95. The molecule has 0 saturated heterocycles. The first kappa shape index (κ1) is 35.4. The third kappa shape index (κ3) is 6.70. The van der Waals surface area contributed by atoms with Crippen LogP contribution in [0.4, 0.5) is 0 Å². The largest absolute Gasteiger partial charge is 0.304 e. The van der Waals surface area contributed by atoms with Crippen LogP contribution in [0.3, 0.4) is 0 Å². The minimum absolute atomic E-state index is 0. The Morgan fingerprint density at radius 1 is 0.560 bits per heavy atom. The van der Waals surface area contributed by atoms with E-state index in [1.54, 1.807) is 0 Å². The molecule has 1 aliphatic carbocycles. The molecule has 0 bridgehead atoms. The fourth-order valence-corrected chi connectivity index (χ4v) is 6.95. The van der Waals surface area contributed by atoms with Crippen LogP contribution in [-0.4, -0.2) is 9.97 Å². The van der Waals surface area contributed by atoms with Crippen LogP contribution in [0.15, 0.2) is 122 Å². The molecule has 0 saturated carbocycles. The predicted octanol–water partition coefficient (Wildman–Crippen LogP) is 12.3. The summed E-state index contributed by atoms with van der Waals surface area (Å²) in [5, 5.41) is 5.00. The summed E-state index contributed by atoms with van der Waals surface area (Å²) in [6.07, 6.45) is 3.92. The Morgan fingerprint density at radius 2 is 1.16 bits per heavy atom. The van der Waals surface area contributed by atoms with Gasteiger partial charge in [0.25, 0.3) is 0 Å². The number of hydrogen-bond donors (Lipinski definition) is 0. The Morgan fingerprint density at radius 3 is 1.76 bits per heavy atom. The Kier molecular flexibility index (Phi) is 9.46. The number of aromatic nitrogens is 2. The van der Waals surface area contributed by atoms with E-state index in [0.29, 0.717) is 0 Å². The summed E-state index contributed by atoms with van der Waals surface area (Å²) in [4.78, 5) is 9.42. The van der Waals surface area contributed by atoms with E-state index in [1.165, 1.54) is 54.9 Å². The van der Waals surface area contributed by atoms with Crippen molar-refractivity contribution in [3.8, 4) is 33.6 Å². The molecule has 2 heterocycles. The summed E-state index contributed by atoms with van der Waals surface area (Å²) in [7, 11) is 0. The zero-order chi connectivity index (χ0) is 34.6. The molecule has 0 atom stereocenters. The molecule has 0 fully saturated rings. The van der Waals surface area contributed by atoms with Gasteiger partial charge in [0.15, 0.2) is 0 Å². The smallest absolute Gasteiger partial charge is 0.0198 e. The SMILES string of the molecule is CC(C)(C)c1c[c-]c(-c2ccc(C(C)(C)C)cn2)cc1.CC1(C)c2cc3ccccc3cc2-c2ccnc(-c3[c-]cc4ccccc4c3)c21.[Ir]. The number of rotatable bonds is 2. The summed E-state index contributed by atoms with van der Waals surface area (Å²) in [6, 6.07) is 45.7. The molecule has 0 spiro atoms. The van der Waals surface area contributed by atoms with Gasteiger partial charge in [-0.15, -0.1) is 64.5 Å². The molecule has 0 aliphatic heterocycles. The van der Waals surface area contributed by atoms with Crippen LogP contribution < -0.4 is 0 Å². The van der Waals surface area contributed by atoms with Gasteiger partial charge in [0.2, 0.25) is 0 Å². The molecular weight excluding hydrogens is 785 g/mol. The molecule has 0 unspecified atom stereocenters. The van der Waals surface area contributed by atoms with E-state index in [2.05, 4.69) is 182 Å². The molecule has 7 aromatic rings. The molecule has 2 aromatic heterocycles. The van der Waals surface area contributed by atoms with Crippen molar-refractivity contribution in [2.75, 3.05) is 0 Å². The van der Waals surface area contributed by atoms with Crippen molar-refractivity contribution in [3.63, 3.8) is 0 Å². The fraction of sp³-hybridized carbons (Fsp3) is 0.234. The average molecular weight is 829 g/mol. The first-order valence-corrected chi connectivity index (χ1v) is 17.2. The van der Waals surface area contributed by atoms with Crippen LogP contribution >= 0.6 is 0 Å². The molecule has 0 N–H and O–H groups in total. The van der Waals surface area contributed by atoms with Crippen molar-refractivity contribution in [1.29, 1.82) is 0 Å². The Balaban J connectivity index is 0.000000182. The van der Waals surface area contributed by atoms with Crippen molar-refractivity contribution < 1.29 is 20.1 Å². The van der Waals surface area contributed by atoms with Gasteiger partial charge >= 0.3 is 0 Å². The van der Waals surface area contributed by atoms with Crippen molar-refractivity contribution in [2.45, 2.75) is 71.6 Å². The van der Waals surface area contributed by atoms with E-state index in [0.717, 1.165) is 22.5 Å². The average Bonchev–Trinajstić information content (AvgIpc) is 3.32. The minimum atomic E-state index is -0.113. The monoisotopic (exact) mass is 829 g/mol.